The lowest BCUT2D eigenvalue weighted by atomic mass is 10.2. The van der Waals surface area contributed by atoms with E-state index in [1.807, 2.05) is 30.3 Å². The summed E-state index contributed by atoms with van der Waals surface area (Å²) < 4.78 is 5.72. The zero-order valence-corrected chi connectivity index (χ0v) is 10.6. The molecule has 4 heteroatoms. The number of nitrogens with two attached hydrogens (primary N) is 1. The first-order valence-electron chi connectivity index (χ1n) is 6.08. The number of nitriles is 1. The van der Waals surface area contributed by atoms with Crippen molar-refractivity contribution in [2.45, 2.75) is 0 Å². The van der Waals surface area contributed by atoms with E-state index < -0.39 is 0 Å². The van der Waals surface area contributed by atoms with Crippen LogP contribution < -0.4 is 10.5 Å². The lowest BCUT2D eigenvalue weighted by molar-refractivity contribution is 0.483. The van der Waals surface area contributed by atoms with Crippen LogP contribution in [0.2, 0.25) is 0 Å². The van der Waals surface area contributed by atoms with Crippen LogP contribution in [0.4, 0.5) is 5.69 Å². The molecule has 0 aliphatic rings. The zero-order chi connectivity index (χ0) is 13.9. The largest absolute Gasteiger partial charge is 0.454 e. The number of nitrogen functional groups attached to an aromatic ring is 1. The quantitative estimate of drug-likeness (QED) is 0.717. The summed E-state index contributed by atoms with van der Waals surface area (Å²) in [5.74, 6) is 1.05. The predicted molar refractivity (Wildman–Crippen MR) is 77.4 cm³/mol. The molecule has 0 bridgehead atoms. The highest BCUT2D eigenvalue weighted by molar-refractivity contribution is 5.79. The predicted octanol–water partition coefficient (Wildman–Crippen LogP) is 3.48. The summed E-state index contributed by atoms with van der Waals surface area (Å²) in [5, 5.41) is 9.89. The first kappa shape index (κ1) is 12.0. The fourth-order valence-electron chi connectivity index (χ4n) is 1.93. The van der Waals surface area contributed by atoms with Crippen molar-refractivity contribution in [1.29, 1.82) is 5.26 Å². The molecule has 0 aliphatic carbocycles. The van der Waals surface area contributed by atoms with Crippen LogP contribution in [0.15, 0.2) is 54.7 Å². The van der Waals surface area contributed by atoms with E-state index in [0.29, 0.717) is 22.7 Å². The fraction of sp³-hybridized carbons (Fsp3) is 0. The van der Waals surface area contributed by atoms with Gasteiger partial charge in [0.05, 0.1) is 29.0 Å². The van der Waals surface area contributed by atoms with Gasteiger partial charge in [-0.2, -0.15) is 5.26 Å². The van der Waals surface area contributed by atoms with Gasteiger partial charge >= 0.3 is 0 Å². The Labute approximate surface area is 116 Å². The van der Waals surface area contributed by atoms with Gasteiger partial charge in [-0.05, 0) is 24.3 Å². The summed E-state index contributed by atoms with van der Waals surface area (Å²) in [6, 6.07) is 16.6. The molecule has 2 aromatic carbocycles. The Kier molecular flexibility index (Phi) is 2.94. The van der Waals surface area contributed by atoms with Crippen LogP contribution in [0, 0.1) is 11.3 Å². The van der Waals surface area contributed by atoms with Gasteiger partial charge in [0.15, 0.2) is 5.75 Å². The summed E-state index contributed by atoms with van der Waals surface area (Å²) in [6.07, 6.45) is 1.64. The topological polar surface area (TPSA) is 71.9 Å². The molecule has 0 spiro atoms. The molecule has 0 saturated carbocycles. The molecule has 2 N–H and O–H groups in total. The molecule has 96 valence electrons. The van der Waals surface area contributed by atoms with Crippen LogP contribution in [0.5, 0.6) is 11.5 Å². The van der Waals surface area contributed by atoms with Gasteiger partial charge in [0, 0.05) is 11.5 Å². The van der Waals surface area contributed by atoms with Crippen molar-refractivity contribution in [1.82, 2.24) is 4.98 Å². The van der Waals surface area contributed by atoms with E-state index in [-0.39, 0.29) is 0 Å². The third kappa shape index (κ3) is 2.25. The molecule has 0 saturated heterocycles. The second-order valence-corrected chi connectivity index (χ2v) is 4.33. The third-order valence-corrected chi connectivity index (χ3v) is 2.94. The van der Waals surface area contributed by atoms with Gasteiger partial charge in [-0.1, -0.05) is 18.2 Å². The number of nitrogens with zero attached hydrogens (tertiary/aromatic N) is 2. The van der Waals surface area contributed by atoms with E-state index in [9.17, 15) is 0 Å². The molecule has 3 aromatic rings. The Morgan fingerprint density at radius 2 is 1.95 bits per heavy atom. The van der Waals surface area contributed by atoms with Crippen LogP contribution in [0.25, 0.3) is 10.9 Å². The molecule has 1 aromatic heterocycles. The van der Waals surface area contributed by atoms with Crippen molar-refractivity contribution in [3.05, 3.63) is 60.3 Å². The van der Waals surface area contributed by atoms with Gasteiger partial charge in [0.25, 0.3) is 0 Å². The van der Waals surface area contributed by atoms with Gasteiger partial charge in [0.2, 0.25) is 0 Å². The monoisotopic (exact) mass is 261 g/mol. The van der Waals surface area contributed by atoms with E-state index >= 15 is 0 Å². The molecular formula is C16H11N3O. The smallest absolute Gasteiger partial charge is 0.151 e. The Bertz CT molecular complexity index is 821. The van der Waals surface area contributed by atoms with Crippen molar-refractivity contribution < 1.29 is 4.74 Å². The molecule has 0 amide bonds. The summed E-state index contributed by atoms with van der Waals surface area (Å²) in [6.45, 7) is 0. The van der Waals surface area contributed by atoms with E-state index in [0.717, 1.165) is 10.9 Å². The first-order valence-corrected chi connectivity index (χ1v) is 6.08. The molecule has 0 atom stereocenters. The second-order valence-electron chi connectivity index (χ2n) is 4.33. The van der Waals surface area contributed by atoms with E-state index in [1.54, 1.807) is 24.4 Å². The number of pyridine rings is 1. The number of benzene rings is 2. The third-order valence-electron chi connectivity index (χ3n) is 2.94. The molecular weight excluding hydrogens is 250 g/mol. The van der Waals surface area contributed by atoms with E-state index in [4.69, 9.17) is 15.7 Å². The highest BCUT2D eigenvalue weighted by Crippen LogP contribution is 2.29. The maximum atomic E-state index is 8.90. The van der Waals surface area contributed by atoms with Gasteiger partial charge in [-0.15, -0.1) is 0 Å². The molecule has 20 heavy (non-hydrogen) atoms. The highest BCUT2D eigenvalue weighted by atomic mass is 16.5. The van der Waals surface area contributed by atoms with Crippen LogP contribution in [0.3, 0.4) is 0 Å². The lowest BCUT2D eigenvalue weighted by Crippen LogP contribution is -1.93. The summed E-state index contributed by atoms with van der Waals surface area (Å²) in [7, 11) is 0. The SMILES string of the molecule is N#Cc1ccc(N)c(Oc2cnc3ccccc3c2)c1. The van der Waals surface area contributed by atoms with Crippen LogP contribution >= 0.6 is 0 Å². The summed E-state index contributed by atoms with van der Waals surface area (Å²) in [5.41, 5.74) is 7.74. The molecule has 0 radical (unpaired) electrons. The molecule has 0 aliphatic heterocycles. The standard InChI is InChI=1S/C16H11N3O/c17-9-11-5-6-14(18)16(7-11)20-13-8-12-3-1-2-4-15(12)19-10-13/h1-8,10H,18H2. The number of hydrogen-bond donors (Lipinski definition) is 1. The van der Waals surface area contributed by atoms with Crippen molar-refractivity contribution in [3.8, 4) is 17.6 Å². The van der Waals surface area contributed by atoms with Crippen molar-refractivity contribution in [2.75, 3.05) is 5.73 Å². The highest BCUT2D eigenvalue weighted by Gasteiger charge is 2.05. The molecule has 0 unspecified atom stereocenters. The van der Waals surface area contributed by atoms with Crippen LogP contribution in [-0.4, -0.2) is 4.98 Å². The average Bonchev–Trinajstić information content (AvgIpc) is 2.49. The fourth-order valence-corrected chi connectivity index (χ4v) is 1.93. The number of fused-ring (bicyclic) bond motifs is 1. The van der Waals surface area contributed by atoms with Gasteiger partial charge in [-0.3, -0.25) is 4.98 Å². The maximum Gasteiger partial charge on any atom is 0.151 e. The Morgan fingerprint density at radius 3 is 2.80 bits per heavy atom. The van der Waals surface area contributed by atoms with Crippen LogP contribution in [-0.2, 0) is 0 Å². The van der Waals surface area contributed by atoms with Crippen molar-refractivity contribution in [2.24, 2.45) is 0 Å². The second kappa shape index (κ2) is 4.90. The normalized spacial score (nSPS) is 10.2. The van der Waals surface area contributed by atoms with Crippen molar-refractivity contribution in [3.63, 3.8) is 0 Å². The minimum absolute atomic E-state index is 0.459. The molecule has 3 rings (SSSR count). The maximum absolute atomic E-state index is 8.90. The summed E-state index contributed by atoms with van der Waals surface area (Å²) >= 11 is 0. The average molecular weight is 261 g/mol. The Balaban J connectivity index is 1.99. The molecule has 4 nitrogen and oxygen atoms in total. The lowest BCUT2D eigenvalue weighted by Gasteiger charge is -2.09. The number of anilines is 1. The minimum Gasteiger partial charge on any atom is -0.454 e. The minimum atomic E-state index is 0.459. The van der Waals surface area contributed by atoms with E-state index in [2.05, 4.69) is 11.1 Å². The molecule has 1 heterocycles. The summed E-state index contributed by atoms with van der Waals surface area (Å²) in [4.78, 5) is 4.32. The molecule has 0 fully saturated rings. The number of para-hydroxylation sites is 1. The Hall–Kier alpha value is -3.06. The van der Waals surface area contributed by atoms with Gasteiger partial charge < -0.3 is 10.5 Å². The Morgan fingerprint density at radius 1 is 1.10 bits per heavy atom. The zero-order valence-electron chi connectivity index (χ0n) is 10.6. The van der Waals surface area contributed by atoms with Gasteiger partial charge in [0.1, 0.15) is 5.75 Å². The van der Waals surface area contributed by atoms with Crippen molar-refractivity contribution >= 4 is 16.6 Å². The number of aromatic nitrogens is 1. The van der Waals surface area contributed by atoms with Crippen LogP contribution in [0.1, 0.15) is 5.56 Å². The van der Waals surface area contributed by atoms with Gasteiger partial charge in [-0.25, -0.2) is 0 Å². The van der Waals surface area contributed by atoms with E-state index in [1.165, 1.54) is 0 Å². The first-order chi connectivity index (χ1) is 9.76. The number of ether oxygens (including phenoxy) is 1. The number of rotatable bonds is 2. The number of hydrogen-bond acceptors (Lipinski definition) is 4.